The van der Waals surface area contributed by atoms with E-state index >= 15 is 0 Å². The summed E-state index contributed by atoms with van der Waals surface area (Å²) in [5, 5.41) is 7.88. The fourth-order valence-corrected chi connectivity index (χ4v) is 3.36. The van der Waals surface area contributed by atoms with Crippen LogP contribution in [0, 0.1) is 0 Å². The highest BCUT2D eigenvalue weighted by atomic mass is 15.2. The summed E-state index contributed by atoms with van der Waals surface area (Å²) in [6.45, 7) is 4.28. The number of nitrogens with one attached hydrogen (secondary N) is 1. The molecule has 0 saturated heterocycles. The van der Waals surface area contributed by atoms with Gasteiger partial charge in [-0.05, 0) is 48.9 Å². The minimum Gasteiger partial charge on any atom is -0.353 e. The first-order valence-corrected chi connectivity index (χ1v) is 8.15. The van der Waals surface area contributed by atoms with Gasteiger partial charge in [0.2, 0.25) is 0 Å². The Balaban J connectivity index is 1.71. The maximum absolute atomic E-state index is 4.24. The first kappa shape index (κ1) is 14.4. The topological polar surface area (TPSA) is 34.8 Å². The molecule has 4 heteroatoms. The Hall–Kier alpha value is -1.55. The van der Waals surface area contributed by atoms with Crippen LogP contribution in [0.15, 0.2) is 24.8 Å². The largest absolute Gasteiger partial charge is 0.353 e. The molecule has 0 aliphatic heterocycles. The summed E-state index contributed by atoms with van der Waals surface area (Å²) in [6, 6.07) is 0.548. The van der Waals surface area contributed by atoms with Crippen molar-refractivity contribution in [3.8, 4) is 0 Å². The third-order valence-corrected chi connectivity index (χ3v) is 4.43. The Kier molecular flexibility index (Phi) is 4.44. The van der Waals surface area contributed by atoms with Gasteiger partial charge in [0.1, 0.15) is 0 Å². The lowest BCUT2D eigenvalue weighted by Crippen LogP contribution is -2.20. The van der Waals surface area contributed by atoms with E-state index in [-0.39, 0.29) is 0 Å². The Morgan fingerprint density at radius 3 is 2.95 bits per heavy atom. The minimum atomic E-state index is 0.548. The third-order valence-electron chi connectivity index (χ3n) is 4.43. The van der Waals surface area contributed by atoms with Gasteiger partial charge in [-0.2, -0.15) is 5.10 Å². The molecule has 1 aliphatic carbocycles. The summed E-state index contributed by atoms with van der Waals surface area (Å²) in [5.74, 6) is 0. The van der Waals surface area contributed by atoms with Crippen LogP contribution in [0.5, 0.6) is 0 Å². The van der Waals surface area contributed by atoms with Crippen molar-refractivity contribution in [3.05, 3.63) is 41.5 Å². The van der Waals surface area contributed by atoms with Gasteiger partial charge in [-0.3, -0.25) is 4.68 Å². The Bertz CT molecular complexity index is 581. The molecular weight excluding hydrogens is 260 g/mol. The SMILES string of the molecule is CCNC1CCCCc2cn(CCc3cnn(C)c3)cc21. The predicted molar refractivity (Wildman–Crippen MR) is 85.3 cm³/mol. The molecule has 0 amide bonds. The van der Waals surface area contributed by atoms with Gasteiger partial charge in [-0.25, -0.2) is 0 Å². The zero-order valence-electron chi connectivity index (χ0n) is 13.2. The quantitative estimate of drug-likeness (QED) is 0.858. The van der Waals surface area contributed by atoms with Crippen molar-refractivity contribution in [2.75, 3.05) is 6.54 Å². The van der Waals surface area contributed by atoms with E-state index in [4.69, 9.17) is 0 Å². The van der Waals surface area contributed by atoms with E-state index in [1.54, 1.807) is 5.56 Å². The van der Waals surface area contributed by atoms with Gasteiger partial charge in [-0.1, -0.05) is 13.3 Å². The van der Waals surface area contributed by atoms with Crippen LogP contribution in [0.1, 0.15) is 48.9 Å². The van der Waals surface area contributed by atoms with Crippen LogP contribution in [0.25, 0.3) is 0 Å². The molecule has 1 aliphatic rings. The number of hydrogen-bond donors (Lipinski definition) is 1. The number of aryl methyl sites for hydroxylation is 4. The number of hydrogen-bond acceptors (Lipinski definition) is 2. The maximum atomic E-state index is 4.24. The Labute approximate surface area is 127 Å². The number of nitrogens with zero attached hydrogens (tertiary/aromatic N) is 3. The van der Waals surface area contributed by atoms with Gasteiger partial charge in [0.25, 0.3) is 0 Å². The molecule has 114 valence electrons. The van der Waals surface area contributed by atoms with Crippen molar-refractivity contribution in [3.63, 3.8) is 0 Å². The highest BCUT2D eigenvalue weighted by Crippen LogP contribution is 2.29. The summed E-state index contributed by atoms with van der Waals surface area (Å²) in [6.07, 6.45) is 15.0. The molecule has 0 fully saturated rings. The van der Waals surface area contributed by atoms with E-state index in [0.717, 1.165) is 19.5 Å². The predicted octanol–water partition coefficient (Wildman–Crippen LogP) is 2.84. The Morgan fingerprint density at radius 1 is 1.29 bits per heavy atom. The average Bonchev–Trinajstić information content (AvgIpc) is 3.02. The van der Waals surface area contributed by atoms with E-state index < -0.39 is 0 Å². The van der Waals surface area contributed by atoms with Gasteiger partial charge in [0.05, 0.1) is 6.20 Å². The van der Waals surface area contributed by atoms with Crippen molar-refractivity contribution in [1.29, 1.82) is 0 Å². The first-order chi connectivity index (χ1) is 10.3. The number of fused-ring (bicyclic) bond motifs is 1. The molecule has 2 aromatic rings. The molecule has 0 aromatic carbocycles. The second-order valence-corrected chi connectivity index (χ2v) is 6.10. The summed E-state index contributed by atoms with van der Waals surface area (Å²) in [5.41, 5.74) is 4.38. The van der Waals surface area contributed by atoms with E-state index in [0.29, 0.717) is 6.04 Å². The molecule has 2 heterocycles. The lowest BCUT2D eigenvalue weighted by Gasteiger charge is -2.15. The Morgan fingerprint density at radius 2 is 2.19 bits per heavy atom. The molecule has 3 rings (SSSR count). The van der Waals surface area contributed by atoms with Crippen LogP contribution in [0.2, 0.25) is 0 Å². The number of rotatable bonds is 5. The molecule has 0 bridgehead atoms. The van der Waals surface area contributed by atoms with Crippen LogP contribution in [0.4, 0.5) is 0 Å². The van der Waals surface area contributed by atoms with Crippen LogP contribution < -0.4 is 5.32 Å². The number of aromatic nitrogens is 3. The standard InChI is InChI=1S/C17H26N4/c1-3-18-17-7-5-4-6-15-12-21(13-16(15)17)9-8-14-10-19-20(2)11-14/h10-13,17-18H,3-9H2,1-2H3. The van der Waals surface area contributed by atoms with Gasteiger partial charge < -0.3 is 9.88 Å². The van der Waals surface area contributed by atoms with E-state index in [9.17, 15) is 0 Å². The van der Waals surface area contributed by atoms with E-state index in [1.165, 1.54) is 36.8 Å². The van der Waals surface area contributed by atoms with Crippen molar-refractivity contribution in [2.24, 2.45) is 7.05 Å². The molecule has 0 spiro atoms. The first-order valence-electron chi connectivity index (χ1n) is 8.15. The lowest BCUT2D eigenvalue weighted by molar-refractivity contribution is 0.501. The van der Waals surface area contributed by atoms with Crippen molar-refractivity contribution in [2.45, 2.75) is 51.6 Å². The maximum Gasteiger partial charge on any atom is 0.0522 e. The fourth-order valence-electron chi connectivity index (χ4n) is 3.36. The van der Waals surface area contributed by atoms with Crippen LogP contribution in [-0.4, -0.2) is 20.9 Å². The normalized spacial score (nSPS) is 18.5. The summed E-state index contributed by atoms with van der Waals surface area (Å²) >= 11 is 0. The van der Waals surface area contributed by atoms with E-state index in [2.05, 4.69) is 40.5 Å². The van der Waals surface area contributed by atoms with Gasteiger partial charge in [-0.15, -0.1) is 0 Å². The molecule has 1 unspecified atom stereocenters. The van der Waals surface area contributed by atoms with Crippen molar-refractivity contribution >= 4 is 0 Å². The molecule has 2 aromatic heterocycles. The zero-order chi connectivity index (χ0) is 14.7. The van der Waals surface area contributed by atoms with Crippen LogP contribution >= 0.6 is 0 Å². The van der Waals surface area contributed by atoms with Gasteiger partial charge >= 0.3 is 0 Å². The highest BCUT2D eigenvalue weighted by molar-refractivity contribution is 5.29. The second kappa shape index (κ2) is 6.48. The molecule has 4 nitrogen and oxygen atoms in total. The van der Waals surface area contributed by atoms with Gasteiger partial charge in [0.15, 0.2) is 0 Å². The smallest absolute Gasteiger partial charge is 0.0522 e. The second-order valence-electron chi connectivity index (χ2n) is 6.10. The molecule has 0 saturated carbocycles. The summed E-state index contributed by atoms with van der Waals surface area (Å²) in [4.78, 5) is 0. The highest BCUT2D eigenvalue weighted by Gasteiger charge is 2.19. The van der Waals surface area contributed by atoms with Gasteiger partial charge in [0, 0.05) is 38.2 Å². The third kappa shape index (κ3) is 3.38. The monoisotopic (exact) mass is 286 g/mol. The van der Waals surface area contributed by atoms with Crippen molar-refractivity contribution < 1.29 is 0 Å². The van der Waals surface area contributed by atoms with Crippen molar-refractivity contribution in [1.82, 2.24) is 19.7 Å². The summed E-state index contributed by atoms with van der Waals surface area (Å²) in [7, 11) is 1.97. The lowest BCUT2D eigenvalue weighted by atomic mass is 10.0. The minimum absolute atomic E-state index is 0.548. The molecular formula is C17H26N4. The molecule has 0 radical (unpaired) electrons. The fraction of sp³-hybridized carbons (Fsp3) is 0.588. The van der Waals surface area contributed by atoms with Crippen LogP contribution in [0.3, 0.4) is 0 Å². The van der Waals surface area contributed by atoms with Crippen LogP contribution in [-0.2, 0) is 26.4 Å². The molecule has 1 N–H and O–H groups in total. The van der Waals surface area contributed by atoms with E-state index in [1.807, 2.05) is 17.9 Å². The summed E-state index contributed by atoms with van der Waals surface area (Å²) < 4.78 is 4.24. The molecule has 21 heavy (non-hydrogen) atoms. The molecule has 1 atom stereocenters. The zero-order valence-corrected chi connectivity index (χ0v) is 13.2. The average molecular weight is 286 g/mol.